The highest BCUT2D eigenvalue weighted by Crippen LogP contribution is 2.35. The Kier molecular flexibility index (Phi) is 4.68. The molecule has 7 heteroatoms. The summed E-state index contributed by atoms with van der Waals surface area (Å²) in [5.41, 5.74) is 1.60. The maximum atomic E-state index is 12.8. The summed E-state index contributed by atoms with van der Waals surface area (Å²) in [4.78, 5) is 27.6. The zero-order valence-corrected chi connectivity index (χ0v) is 16.0. The van der Waals surface area contributed by atoms with E-state index in [2.05, 4.69) is 15.5 Å². The average molecular weight is 381 g/mol. The first-order valence-corrected chi connectivity index (χ1v) is 9.31. The molecular weight excluding hydrogens is 358 g/mol. The Labute approximate surface area is 163 Å². The van der Waals surface area contributed by atoms with Crippen LogP contribution in [0.3, 0.4) is 0 Å². The summed E-state index contributed by atoms with van der Waals surface area (Å²) >= 11 is 0. The van der Waals surface area contributed by atoms with Gasteiger partial charge in [0.25, 0.3) is 17.4 Å². The van der Waals surface area contributed by atoms with Crippen LogP contribution in [-0.2, 0) is 14.3 Å². The van der Waals surface area contributed by atoms with E-state index >= 15 is 0 Å². The van der Waals surface area contributed by atoms with Crippen molar-refractivity contribution in [3.63, 3.8) is 0 Å². The Morgan fingerprint density at radius 3 is 2.57 bits per heavy atom. The SMILES string of the molecule is Cc1ccc2c(c1)NC(=O)C(C)(C(=O)Nc1ccc(N3CCOCC3)cc1)O2. The normalized spacial score (nSPS) is 21.4. The van der Waals surface area contributed by atoms with Gasteiger partial charge in [-0.25, -0.2) is 0 Å². The molecule has 2 heterocycles. The zero-order valence-electron chi connectivity index (χ0n) is 16.0. The van der Waals surface area contributed by atoms with Crippen LogP contribution in [0.15, 0.2) is 42.5 Å². The molecule has 0 spiro atoms. The van der Waals surface area contributed by atoms with Gasteiger partial charge in [-0.15, -0.1) is 0 Å². The number of aryl methyl sites for hydroxylation is 1. The van der Waals surface area contributed by atoms with Crippen LogP contribution in [0.2, 0.25) is 0 Å². The minimum Gasteiger partial charge on any atom is -0.466 e. The molecule has 1 unspecified atom stereocenters. The lowest BCUT2D eigenvalue weighted by atomic mass is 10.0. The summed E-state index contributed by atoms with van der Waals surface area (Å²) in [6.45, 7) is 6.51. The van der Waals surface area contributed by atoms with Crippen LogP contribution in [0, 0.1) is 6.92 Å². The van der Waals surface area contributed by atoms with Crippen molar-refractivity contribution in [1.82, 2.24) is 0 Å². The summed E-state index contributed by atoms with van der Waals surface area (Å²) < 4.78 is 11.2. The van der Waals surface area contributed by atoms with Crippen LogP contribution >= 0.6 is 0 Å². The molecule has 28 heavy (non-hydrogen) atoms. The fourth-order valence-corrected chi connectivity index (χ4v) is 3.32. The number of hydrogen-bond donors (Lipinski definition) is 2. The van der Waals surface area contributed by atoms with Crippen molar-refractivity contribution in [3.05, 3.63) is 48.0 Å². The molecule has 7 nitrogen and oxygen atoms in total. The summed E-state index contributed by atoms with van der Waals surface area (Å²) in [5, 5.41) is 5.55. The number of ether oxygens (including phenoxy) is 2. The van der Waals surface area contributed by atoms with E-state index in [9.17, 15) is 9.59 Å². The van der Waals surface area contributed by atoms with Crippen molar-refractivity contribution in [2.75, 3.05) is 41.8 Å². The lowest BCUT2D eigenvalue weighted by Crippen LogP contribution is -2.56. The van der Waals surface area contributed by atoms with Gasteiger partial charge in [-0.2, -0.15) is 0 Å². The average Bonchev–Trinajstić information content (AvgIpc) is 2.70. The number of nitrogens with one attached hydrogen (secondary N) is 2. The van der Waals surface area contributed by atoms with E-state index in [0.717, 1.165) is 24.3 Å². The van der Waals surface area contributed by atoms with Gasteiger partial charge >= 0.3 is 0 Å². The number of amides is 2. The molecule has 2 N–H and O–H groups in total. The van der Waals surface area contributed by atoms with Crippen molar-refractivity contribution in [1.29, 1.82) is 0 Å². The summed E-state index contributed by atoms with van der Waals surface area (Å²) in [7, 11) is 0. The van der Waals surface area contributed by atoms with Crippen LogP contribution in [-0.4, -0.2) is 43.7 Å². The standard InChI is InChI=1S/C21H23N3O4/c1-14-3-8-18-17(13-14)23-20(26)21(2,28-18)19(25)22-15-4-6-16(7-5-15)24-9-11-27-12-10-24/h3-8,13H,9-12H2,1-2H3,(H,22,25)(H,23,26). The van der Waals surface area contributed by atoms with Crippen LogP contribution in [0.25, 0.3) is 0 Å². The second-order valence-electron chi connectivity index (χ2n) is 7.19. The minimum atomic E-state index is -1.65. The summed E-state index contributed by atoms with van der Waals surface area (Å²) in [6.07, 6.45) is 0. The quantitative estimate of drug-likeness (QED) is 0.799. The van der Waals surface area contributed by atoms with Crippen molar-refractivity contribution in [3.8, 4) is 5.75 Å². The van der Waals surface area contributed by atoms with Crippen LogP contribution in [0.5, 0.6) is 5.75 Å². The number of carbonyl (C=O) groups excluding carboxylic acids is 2. The van der Waals surface area contributed by atoms with E-state index in [1.54, 1.807) is 6.07 Å². The smallest absolute Gasteiger partial charge is 0.278 e. The molecule has 0 aliphatic carbocycles. The number of nitrogens with zero attached hydrogens (tertiary/aromatic N) is 1. The summed E-state index contributed by atoms with van der Waals surface area (Å²) in [6, 6.07) is 13.0. The highest BCUT2D eigenvalue weighted by molar-refractivity contribution is 6.19. The fraction of sp³-hybridized carbons (Fsp3) is 0.333. The lowest BCUT2D eigenvalue weighted by Gasteiger charge is -2.33. The molecule has 146 valence electrons. The topological polar surface area (TPSA) is 79.9 Å². The molecule has 2 aromatic rings. The number of morpholine rings is 1. The molecule has 2 aromatic carbocycles. The Hall–Kier alpha value is -3.06. The van der Waals surface area contributed by atoms with Gasteiger partial charge in [0.15, 0.2) is 0 Å². The number of fused-ring (bicyclic) bond motifs is 1. The molecule has 0 bridgehead atoms. The van der Waals surface area contributed by atoms with Gasteiger partial charge < -0.3 is 25.0 Å². The molecule has 1 atom stereocenters. The minimum absolute atomic E-state index is 0.477. The lowest BCUT2D eigenvalue weighted by molar-refractivity contribution is -0.143. The van der Waals surface area contributed by atoms with E-state index in [1.165, 1.54) is 6.92 Å². The Morgan fingerprint density at radius 1 is 1.14 bits per heavy atom. The summed E-state index contributed by atoms with van der Waals surface area (Å²) in [5.74, 6) is -0.533. The van der Waals surface area contributed by atoms with Crippen LogP contribution in [0.1, 0.15) is 12.5 Å². The maximum absolute atomic E-state index is 12.8. The van der Waals surface area contributed by atoms with E-state index in [1.807, 2.05) is 43.3 Å². The number of anilines is 3. The van der Waals surface area contributed by atoms with Gasteiger partial charge in [-0.3, -0.25) is 9.59 Å². The van der Waals surface area contributed by atoms with E-state index in [0.29, 0.717) is 30.3 Å². The number of benzene rings is 2. The van der Waals surface area contributed by atoms with Gasteiger partial charge in [-0.1, -0.05) is 6.07 Å². The first-order valence-electron chi connectivity index (χ1n) is 9.31. The number of rotatable bonds is 3. The fourth-order valence-electron chi connectivity index (χ4n) is 3.32. The molecule has 1 saturated heterocycles. The second-order valence-corrected chi connectivity index (χ2v) is 7.19. The molecular formula is C21H23N3O4. The molecule has 2 aliphatic heterocycles. The molecule has 1 fully saturated rings. The van der Waals surface area contributed by atoms with E-state index < -0.39 is 17.4 Å². The molecule has 0 saturated carbocycles. The van der Waals surface area contributed by atoms with Crippen LogP contribution < -0.4 is 20.3 Å². The van der Waals surface area contributed by atoms with Gasteiger partial charge in [0.2, 0.25) is 0 Å². The van der Waals surface area contributed by atoms with Crippen molar-refractivity contribution in [2.24, 2.45) is 0 Å². The number of carbonyl (C=O) groups is 2. The Bertz CT molecular complexity index is 906. The number of hydrogen-bond acceptors (Lipinski definition) is 5. The maximum Gasteiger partial charge on any atom is 0.278 e. The van der Waals surface area contributed by atoms with Crippen molar-refractivity contribution >= 4 is 28.9 Å². The monoisotopic (exact) mass is 381 g/mol. The zero-order chi connectivity index (χ0) is 19.7. The third-order valence-electron chi connectivity index (χ3n) is 5.07. The van der Waals surface area contributed by atoms with Gasteiger partial charge in [0, 0.05) is 24.5 Å². The second kappa shape index (κ2) is 7.16. The van der Waals surface area contributed by atoms with E-state index in [-0.39, 0.29) is 0 Å². The highest BCUT2D eigenvalue weighted by atomic mass is 16.5. The molecule has 2 amide bonds. The Balaban J connectivity index is 1.48. The predicted octanol–water partition coefficient (Wildman–Crippen LogP) is 2.56. The molecule has 2 aliphatic rings. The Morgan fingerprint density at radius 2 is 1.86 bits per heavy atom. The van der Waals surface area contributed by atoms with Gasteiger partial charge in [0.05, 0.1) is 18.9 Å². The third kappa shape index (κ3) is 3.41. The first-order chi connectivity index (χ1) is 13.5. The van der Waals surface area contributed by atoms with E-state index in [4.69, 9.17) is 9.47 Å². The van der Waals surface area contributed by atoms with Crippen molar-refractivity contribution in [2.45, 2.75) is 19.4 Å². The molecule has 0 radical (unpaired) electrons. The van der Waals surface area contributed by atoms with Gasteiger partial charge in [-0.05, 0) is 55.8 Å². The first kappa shape index (κ1) is 18.3. The third-order valence-corrected chi connectivity index (χ3v) is 5.07. The molecule has 4 rings (SSSR count). The predicted molar refractivity (Wildman–Crippen MR) is 107 cm³/mol. The van der Waals surface area contributed by atoms with Crippen LogP contribution in [0.4, 0.5) is 17.1 Å². The van der Waals surface area contributed by atoms with Crippen molar-refractivity contribution < 1.29 is 19.1 Å². The van der Waals surface area contributed by atoms with Gasteiger partial charge in [0.1, 0.15) is 5.75 Å². The largest absolute Gasteiger partial charge is 0.466 e. The molecule has 0 aromatic heterocycles. The highest BCUT2D eigenvalue weighted by Gasteiger charge is 2.47.